The summed E-state index contributed by atoms with van der Waals surface area (Å²) >= 11 is 3.43. The molecule has 1 saturated heterocycles. The smallest absolute Gasteiger partial charge is 0.181 e. The fourth-order valence-electron chi connectivity index (χ4n) is 1.98. The molecule has 18 heavy (non-hydrogen) atoms. The van der Waals surface area contributed by atoms with E-state index in [4.69, 9.17) is 0 Å². The van der Waals surface area contributed by atoms with Gasteiger partial charge in [0.1, 0.15) is 6.33 Å². The van der Waals surface area contributed by atoms with Crippen LogP contribution in [-0.2, 0) is 6.54 Å². The van der Waals surface area contributed by atoms with Gasteiger partial charge in [-0.3, -0.25) is 4.68 Å². The van der Waals surface area contributed by atoms with Crippen LogP contribution in [0.4, 0.5) is 0 Å². The zero-order chi connectivity index (χ0) is 12.4. The van der Waals surface area contributed by atoms with Crippen LogP contribution in [0.25, 0.3) is 11.4 Å². The highest BCUT2D eigenvalue weighted by Crippen LogP contribution is 2.17. The minimum atomic E-state index is 0.797. The minimum Gasteiger partial charge on any atom is -0.301 e. The second kappa shape index (κ2) is 5.20. The Balaban J connectivity index is 1.66. The Morgan fingerprint density at radius 2 is 1.89 bits per heavy atom. The first-order valence-electron chi connectivity index (χ1n) is 6.19. The quantitative estimate of drug-likeness (QED) is 0.870. The van der Waals surface area contributed by atoms with Crippen LogP contribution >= 0.6 is 15.9 Å². The monoisotopic (exact) mass is 306 g/mol. The molecule has 3 rings (SSSR count). The second-order valence-electron chi connectivity index (χ2n) is 4.53. The predicted molar refractivity (Wildman–Crippen MR) is 74.2 cm³/mol. The van der Waals surface area contributed by atoms with Gasteiger partial charge in [0.15, 0.2) is 5.82 Å². The number of aromatic nitrogens is 3. The van der Waals surface area contributed by atoms with E-state index < -0.39 is 0 Å². The minimum absolute atomic E-state index is 0.797. The molecule has 1 aromatic heterocycles. The van der Waals surface area contributed by atoms with E-state index in [9.17, 15) is 0 Å². The first-order chi connectivity index (χ1) is 8.81. The summed E-state index contributed by atoms with van der Waals surface area (Å²) in [6, 6.07) is 8.07. The van der Waals surface area contributed by atoms with Gasteiger partial charge < -0.3 is 4.90 Å². The molecular formula is C13H15BrN4. The number of hydrogen-bond acceptors (Lipinski definition) is 3. The second-order valence-corrected chi connectivity index (χ2v) is 5.45. The third kappa shape index (κ3) is 2.62. The molecule has 0 N–H and O–H groups in total. The highest BCUT2D eigenvalue weighted by Gasteiger charge is 2.13. The number of hydrogen-bond donors (Lipinski definition) is 0. The van der Waals surface area contributed by atoms with Crippen LogP contribution in [0.2, 0.25) is 0 Å². The van der Waals surface area contributed by atoms with Crippen LogP contribution in [0.5, 0.6) is 0 Å². The topological polar surface area (TPSA) is 34.0 Å². The molecule has 0 spiro atoms. The van der Waals surface area contributed by atoms with Gasteiger partial charge in [0.05, 0.1) is 6.54 Å². The van der Waals surface area contributed by atoms with Gasteiger partial charge in [-0.25, -0.2) is 4.98 Å². The van der Waals surface area contributed by atoms with Gasteiger partial charge in [0.2, 0.25) is 0 Å². The summed E-state index contributed by atoms with van der Waals surface area (Å²) in [6.45, 7) is 4.45. The van der Waals surface area contributed by atoms with Crippen LogP contribution in [0, 0.1) is 0 Å². The van der Waals surface area contributed by atoms with Gasteiger partial charge in [-0.2, -0.15) is 5.10 Å². The average Bonchev–Trinajstić information content (AvgIpc) is 2.77. The Morgan fingerprint density at radius 3 is 2.56 bits per heavy atom. The van der Waals surface area contributed by atoms with Crippen LogP contribution in [0.15, 0.2) is 35.1 Å². The molecule has 94 valence electrons. The van der Waals surface area contributed by atoms with E-state index in [-0.39, 0.29) is 0 Å². The Labute approximate surface area is 115 Å². The third-order valence-electron chi connectivity index (χ3n) is 3.23. The van der Waals surface area contributed by atoms with E-state index in [1.165, 1.54) is 19.5 Å². The van der Waals surface area contributed by atoms with E-state index in [1.54, 1.807) is 0 Å². The molecule has 1 aliphatic heterocycles. The molecule has 1 aliphatic rings. The van der Waals surface area contributed by atoms with E-state index in [2.05, 4.69) is 30.9 Å². The van der Waals surface area contributed by atoms with Crippen molar-refractivity contribution in [1.82, 2.24) is 19.7 Å². The molecule has 0 atom stereocenters. The predicted octanol–water partition coefficient (Wildman–Crippen LogP) is 2.41. The standard InChI is InChI=1S/C13H15BrN4/c14-12-4-2-11(3-5-12)13-15-10-18(16-13)9-8-17-6-1-7-17/h2-5,10H,1,6-9H2. The molecule has 0 unspecified atom stereocenters. The zero-order valence-electron chi connectivity index (χ0n) is 10.1. The molecule has 0 radical (unpaired) electrons. The highest BCUT2D eigenvalue weighted by molar-refractivity contribution is 9.10. The van der Waals surface area contributed by atoms with Gasteiger partial charge >= 0.3 is 0 Å². The maximum Gasteiger partial charge on any atom is 0.181 e. The van der Waals surface area contributed by atoms with Crippen molar-refractivity contribution in [3.8, 4) is 11.4 Å². The van der Waals surface area contributed by atoms with E-state index in [0.29, 0.717) is 0 Å². The maximum absolute atomic E-state index is 4.50. The van der Waals surface area contributed by atoms with Gasteiger partial charge in [0.25, 0.3) is 0 Å². The Hall–Kier alpha value is -1.20. The molecule has 1 fully saturated rings. The summed E-state index contributed by atoms with van der Waals surface area (Å²) in [7, 11) is 0. The van der Waals surface area contributed by atoms with Crippen LogP contribution in [0.3, 0.4) is 0 Å². The number of rotatable bonds is 4. The van der Waals surface area contributed by atoms with Gasteiger partial charge in [-0.05, 0) is 31.6 Å². The first-order valence-corrected chi connectivity index (χ1v) is 6.98. The van der Waals surface area contributed by atoms with E-state index in [1.807, 2.05) is 35.3 Å². The van der Waals surface area contributed by atoms with Crippen LogP contribution in [0.1, 0.15) is 6.42 Å². The maximum atomic E-state index is 4.50. The molecule has 0 aliphatic carbocycles. The summed E-state index contributed by atoms with van der Waals surface area (Å²) in [6.07, 6.45) is 3.15. The first kappa shape index (κ1) is 11.9. The molecule has 0 bridgehead atoms. The van der Waals surface area contributed by atoms with Crippen molar-refractivity contribution < 1.29 is 0 Å². The molecule has 0 saturated carbocycles. The average molecular weight is 307 g/mol. The Morgan fingerprint density at radius 1 is 1.11 bits per heavy atom. The van der Waals surface area contributed by atoms with E-state index >= 15 is 0 Å². The van der Waals surface area contributed by atoms with Gasteiger partial charge in [0, 0.05) is 16.6 Å². The van der Waals surface area contributed by atoms with Crippen molar-refractivity contribution in [2.45, 2.75) is 13.0 Å². The number of benzene rings is 1. The Kier molecular flexibility index (Phi) is 3.43. The lowest BCUT2D eigenvalue weighted by atomic mass is 10.2. The van der Waals surface area contributed by atoms with Crippen molar-refractivity contribution in [1.29, 1.82) is 0 Å². The fourth-order valence-corrected chi connectivity index (χ4v) is 2.25. The Bertz CT molecular complexity index is 516. The molecule has 5 heteroatoms. The molecule has 1 aromatic carbocycles. The lowest BCUT2D eigenvalue weighted by Crippen LogP contribution is -2.39. The molecule has 2 aromatic rings. The van der Waals surface area contributed by atoms with Gasteiger partial charge in [-0.15, -0.1) is 0 Å². The number of likely N-dealkylation sites (tertiary alicyclic amines) is 1. The number of halogens is 1. The van der Waals surface area contributed by atoms with Crippen molar-refractivity contribution >= 4 is 15.9 Å². The normalized spacial score (nSPS) is 15.6. The van der Waals surface area contributed by atoms with E-state index in [0.717, 1.165) is 29.0 Å². The lowest BCUT2D eigenvalue weighted by Gasteiger charge is -2.30. The summed E-state index contributed by atoms with van der Waals surface area (Å²) in [5.74, 6) is 0.797. The number of nitrogens with zero attached hydrogens (tertiary/aromatic N) is 4. The lowest BCUT2D eigenvalue weighted by molar-refractivity contribution is 0.172. The third-order valence-corrected chi connectivity index (χ3v) is 3.76. The summed E-state index contributed by atoms with van der Waals surface area (Å²) in [4.78, 5) is 6.79. The molecular weight excluding hydrogens is 292 g/mol. The summed E-state index contributed by atoms with van der Waals surface area (Å²) in [5, 5.41) is 4.50. The van der Waals surface area contributed by atoms with Gasteiger partial charge in [-0.1, -0.05) is 28.1 Å². The highest BCUT2D eigenvalue weighted by atomic mass is 79.9. The molecule has 0 amide bonds. The van der Waals surface area contributed by atoms with Crippen molar-refractivity contribution in [2.75, 3.05) is 19.6 Å². The summed E-state index contributed by atoms with van der Waals surface area (Å²) in [5.41, 5.74) is 1.06. The van der Waals surface area contributed by atoms with Crippen molar-refractivity contribution in [3.63, 3.8) is 0 Å². The van der Waals surface area contributed by atoms with Crippen molar-refractivity contribution in [2.24, 2.45) is 0 Å². The largest absolute Gasteiger partial charge is 0.301 e. The molecule has 4 nitrogen and oxygen atoms in total. The molecule has 2 heterocycles. The fraction of sp³-hybridized carbons (Fsp3) is 0.385. The zero-order valence-corrected chi connectivity index (χ0v) is 11.7. The van der Waals surface area contributed by atoms with Crippen LogP contribution in [-0.4, -0.2) is 39.3 Å². The SMILES string of the molecule is Brc1ccc(-c2ncn(CCN3CCC3)n2)cc1. The van der Waals surface area contributed by atoms with Crippen LogP contribution < -0.4 is 0 Å². The summed E-state index contributed by atoms with van der Waals surface area (Å²) < 4.78 is 3.00. The van der Waals surface area contributed by atoms with Crippen molar-refractivity contribution in [3.05, 3.63) is 35.1 Å².